The lowest BCUT2D eigenvalue weighted by atomic mass is 10.1. The maximum atomic E-state index is 11.0. The molecule has 0 bridgehead atoms. The number of unbranched alkanes of at least 4 members (excludes halogenated alkanes) is 16. The fourth-order valence-electron chi connectivity index (χ4n) is 5.71. The highest BCUT2D eigenvalue weighted by Crippen LogP contribution is 2.19. The molecule has 0 heterocycles. The highest BCUT2D eigenvalue weighted by molar-refractivity contribution is 5.67. The van der Waals surface area contributed by atoms with E-state index < -0.39 is 17.9 Å². The number of hydrogen-bond donors (Lipinski definition) is 3. The van der Waals surface area contributed by atoms with E-state index in [0.717, 1.165) is 56.3 Å². The van der Waals surface area contributed by atoms with Crippen molar-refractivity contribution >= 4 is 17.9 Å². The molecule has 0 saturated heterocycles. The summed E-state index contributed by atoms with van der Waals surface area (Å²) in [4.78, 5) is 33.0. The summed E-state index contributed by atoms with van der Waals surface area (Å²) in [7, 11) is 0. The summed E-state index contributed by atoms with van der Waals surface area (Å²) in [6, 6.07) is 0. The van der Waals surface area contributed by atoms with E-state index in [4.69, 9.17) is 15.3 Å². The van der Waals surface area contributed by atoms with Crippen LogP contribution in [0, 0.1) is 0 Å². The standard InChI is InChI=1S/C34H63NO6/c1-2-3-4-5-6-7-8-9-10-11-12-13-14-15-16-17-21-28-35(29-22-18-25-32(36)37,30-23-19-26-33(38)39)31-24-20-27-34(40)41/h9-10H,2-8,11-31H2,1H3,(H2-,36,37,38,39,40,41)/p+1/b10-9+. The lowest BCUT2D eigenvalue weighted by Crippen LogP contribution is -2.51. The Kier molecular flexibility index (Phi) is 26.9. The van der Waals surface area contributed by atoms with Gasteiger partial charge in [-0.15, -0.1) is 0 Å². The van der Waals surface area contributed by atoms with Crippen molar-refractivity contribution in [2.75, 3.05) is 26.2 Å². The molecule has 0 aliphatic carbocycles. The van der Waals surface area contributed by atoms with Crippen LogP contribution in [0.4, 0.5) is 0 Å². The molecule has 0 radical (unpaired) electrons. The van der Waals surface area contributed by atoms with E-state index in [2.05, 4.69) is 19.1 Å². The van der Waals surface area contributed by atoms with E-state index in [0.29, 0.717) is 19.3 Å². The van der Waals surface area contributed by atoms with Crippen LogP contribution >= 0.6 is 0 Å². The second kappa shape index (κ2) is 28.2. The largest absolute Gasteiger partial charge is 0.481 e. The van der Waals surface area contributed by atoms with E-state index in [1.165, 1.54) is 89.9 Å². The van der Waals surface area contributed by atoms with Gasteiger partial charge in [0.05, 0.1) is 26.2 Å². The predicted octanol–water partition coefficient (Wildman–Crippen LogP) is 9.00. The molecule has 0 aromatic carbocycles. The Bertz CT molecular complexity index is 623. The van der Waals surface area contributed by atoms with Crippen LogP contribution < -0.4 is 0 Å². The van der Waals surface area contributed by atoms with E-state index in [1.54, 1.807) is 0 Å². The van der Waals surface area contributed by atoms with Gasteiger partial charge in [-0.2, -0.15) is 0 Å². The molecule has 0 spiro atoms. The zero-order valence-electron chi connectivity index (χ0n) is 26.5. The van der Waals surface area contributed by atoms with Crippen LogP contribution in [0.1, 0.15) is 161 Å². The second-order valence-electron chi connectivity index (χ2n) is 12.1. The van der Waals surface area contributed by atoms with Crippen molar-refractivity contribution in [1.29, 1.82) is 0 Å². The zero-order chi connectivity index (χ0) is 30.4. The first-order chi connectivity index (χ1) is 19.8. The number of aliphatic carboxylic acids is 3. The van der Waals surface area contributed by atoms with Crippen molar-refractivity contribution < 1.29 is 34.2 Å². The lowest BCUT2D eigenvalue weighted by molar-refractivity contribution is -0.929. The fraction of sp³-hybridized carbons (Fsp3) is 0.853. The molecule has 240 valence electrons. The molecular formula is C34H64NO6+. The third kappa shape index (κ3) is 28.0. The molecule has 0 atom stereocenters. The van der Waals surface area contributed by atoms with E-state index in [-0.39, 0.29) is 19.3 Å². The zero-order valence-corrected chi connectivity index (χ0v) is 26.5. The normalized spacial score (nSPS) is 11.8. The van der Waals surface area contributed by atoms with Crippen molar-refractivity contribution in [3.63, 3.8) is 0 Å². The number of quaternary nitrogens is 1. The van der Waals surface area contributed by atoms with Crippen molar-refractivity contribution in [3.05, 3.63) is 12.2 Å². The highest BCUT2D eigenvalue weighted by Gasteiger charge is 2.26. The van der Waals surface area contributed by atoms with Crippen LogP contribution in [0.25, 0.3) is 0 Å². The summed E-state index contributed by atoms with van der Waals surface area (Å²) < 4.78 is 0.865. The molecule has 41 heavy (non-hydrogen) atoms. The first-order valence-electron chi connectivity index (χ1n) is 17.0. The highest BCUT2D eigenvalue weighted by atomic mass is 16.4. The molecule has 7 nitrogen and oxygen atoms in total. The Morgan fingerprint density at radius 1 is 0.439 bits per heavy atom. The number of carboxylic acids is 3. The van der Waals surface area contributed by atoms with Gasteiger partial charge in [0.1, 0.15) is 0 Å². The number of carbonyl (C=O) groups is 3. The SMILES string of the molecule is CCCCCCCC/C=C/CCCCCCCCC[N+](CCCCC(=O)O)(CCCCC(=O)O)CCCCC(=O)O. The molecule has 0 aromatic rings. The molecule has 0 aromatic heterocycles. The van der Waals surface area contributed by atoms with Gasteiger partial charge in [-0.3, -0.25) is 14.4 Å². The maximum absolute atomic E-state index is 11.0. The average Bonchev–Trinajstić information content (AvgIpc) is 2.93. The Balaban J connectivity index is 4.41. The Morgan fingerprint density at radius 2 is 0.732 bits per heavy atom. The Labute approximate surface area is 251 Å². The van der Waals surface area contributed by atoms with Gasteiger partial charge >= 0.3 is 17.9 Å². The smallest absolute Gasteiger partial charge is 0.303 e. The summed E-state index contributed by atoms with van der Waals surface area (Å²) in [6.45, 7) is 5.94. The summed E-state index contributed by atoms with van der Waals surface area (Å²) >= 11 is 0. The van der Waals surface area contributed by atoms with Crippen molar-refractivity contribution in [1.82, 2.24) is 0 Å². The molecule has 0 aliphatic rings. The van der Waals surface area contributed by atoms with Crippen LogP contribution in [0.3, 0.4) is 0 Å². The number of carboxylic acid groups (broad SMARTS) is 3. The Hall–Kier alpha value is -1.89. The fourth-order valence-corrected chi connectivity index (χ4v) is 5.71. The molecule has 0 rings (SSSR count). The van der Waals surface area contributed by atoms with Gasteiger partial charge in [0.2, 0.25) is 0 Å². The maximum Gasteiger partial charge on any atom is 0.303 e. The van der Waals surface area contributed by atoms with Crippen LogP contribution in [0.15, 0.2) is 12.2 Å². The predicted molar refractivity (Wildman–Crippen MR) is 168 cm³/mol. The topological polar surface area (TPSA) is 112 Å². The molecule has 3 N–H and O–H groups in total. The first-order valence-corrected chi connectivity index (χ1v) is 17.0. The minimum atomic E-state index is -0.768. The minimum Gasteiger partial charge on any atom is -0.481 e. The quantitative estimate of drug-likeness (QED) is 0.0414. The van der Waals surface area contributed by atoms with Crippen molar-refractivity contribution in [2.45, 2.75) is 161 Å². The van der Waals surface area contributed by atoms with Crippen LogP contribution in [0.2, 0.25) is 0 Å². The summed E-state index contributed by atoms with van der Waals surface area (Å²) in [5.74, 6) is -2.30. The van der Waals surface area contributed by atoms with E-state index in [1.807, 2.05) is 0 Å². The number of nitrogens with zero attached hydrogens (tertiary/aromatic N) is 1. The average molecular weight is 583 g/mol. The van der Waals surface area contributed by atoms with Gasteiger partial charge in [-0.05, 0) is 77.0 Å². The van der Waals surface area contributed by atoms with Gasteiger partial charge < -0.3 is 19.8 Å². The third-order valence-corrected chi connectivity index (χ3v) is 8.21. The van der Waals surface area contributed by atoms with E-state index in [9.17, 15) is 14.4 Å². The Morgan fingerprint density at radius 3 is 1.07 bits per heavy atom. The molecule has 0 unspecified atom stereocenters. The first kappa shape index (κ1) is 39.1. The molecule has 0 fully saturated rings. The molecule has 0 saturated carbocycles. The summed E-state index contributed by atoms with van der Waals surface area (Å²) in [5.41, 5.74) is 0. The van der Waals surface area contributed by atoms with Gasteiger partial charge in [-0.25, -0.2) is 0 Å². The minimum absolute atomic E-state index is 0.174. The summed E-state index contributed by atoms with van der Waals surface area (Å²) in [5, 5.41) is 27.1. The molecule has 7 heteroatoms. The lowest BCUT2D eigenvalue weighted by Gasteiger charge is -2.39. The molecule has 0 amide bonds. The second-order valence-corrected chi connectivity index (χ2v) is 12.1. The van der Waals surface area contributed by atoms with Crippen molar-refractivity contribution in [2.24, 2.45) is 0 Å². The van der Waals surface area contributed by atoms with Crippen LogP contribution in [0.5, 0.6) is 0 Å². The van der Waals surface area contributed by atoms with Gasteiger partial charge in [0.25, 0.3) is 0 Å². The number of rotatable bonds is 32. The van der Waals surface area contributed by atoms with Crippen molar-refractivity contribution in [3.8, 4) is 0 Å². The van der Waals surface area contributed by atoms with Gasteiger partial charge in [0.15, 0.2) is 0 Å². The number of hydrogen-bond acceptors (Lipinski definition) is 3. The van der Waals surface area contributed by atoms with E-state index >= 15 is 0 Å². The summed E-state index contributed by atoms with van der Waals surface area (Å²) in [6.07, 6.45) is 28.9. The number of allylic oxidation sites excluding steroid dienone is 2. The molecular weight excluding hydrogens is 518 g/mol. The van der Waals surface area contributed by atoms with Gasteiger partial charge in [-0.1, -0.05) is 76.9 Å². The van der Waals surface area contributed by atoms with Crippen LogP contribution in [-0.4, -0.2) is 63.9 Å². The monoisotopic (exact) mass is 582 g/mol. The van der Waals surface area contributed by atoms with Gasteiger partial charge in [0, 0.05) is 19.3 Å². The van der Waals surface area contributed by atoms with Crippen LogP contribution in [-0.2, 0) is 14.4 Å². The molecule has 0 aliphatic heterocycles. The third-order valence-electron chi connectivity index (χ3n) is 8.21.